The Bertz CT molecular complexity index is 850. The van der Waals surface area contributed by atoms with Gasteiger partial charge in [-0.05, 0) is 35.2 Å². The number of hydrogen-bond acceptors (Lipinski definition) is 4. The topological polar surface area (TPSA) is 76.7 Å². The third kappa shape index (κ3) is 4.92. The number of benzene rings is 2. The molecule has 0 atom stereocenters. The molecule has 0 spiro atoms. The van der Waals surface area contributed by atoms with E-state index in [4.69, 9.17) is 21.1 Å². The van der Waals surface area contributed by atoms with Gasteiger partial charge in [-0.15, -0.1) is 0 Å². The van der Waals surface area contributed by atoms with Crippen LogP contribution in [0.25, 0.3) is 0 Å². The van der Waals surface area contributed by atoms with Crippen LogP contribution in [0.3, 0.4) is 0 Å². The number of carbonyl (C=O) groups is 2. The Kier molecular flexibility index (Phi) is 5.56. The quantitative estimate of drug-likeness (QED) is 0.794. The standard InChI is InChI=1S/C20H21ClN2O4/c1-20(2,13-3-5-14(21)6-4-13)10-18(24)22-11-19(25)23-15-7-8-16-17(9-15)27-12-26-16/h3-9H,10-12H2,1-2H3,(H,22,24)(H,23,25). The van der Waals surface area contributed by atoms with Crippen molar-refractivity contribution in [2.24, 2.45) is 0 Å². The van der Waals surface area contributed by atoms with E-state index in [9.17, 15) is 9.59 Å². The molecule has 3 rings (SSSR count). The van der Waals surface area contributed by atoms with Gasteiger partial charge in [-0.3, -0.25) is 9.59 Å². The van der Waals surface area contributed by atoms with Gasteiger partial charge in [0.05, 0.1) is 6.54 Å². The molecule has 2 N–H and O–H groups in total. The van der Waals surface area contributed by atoms with Gasteiger partial charge in [0.1, 0.15) is 0 Å². The Hall–Kier alpha value is -2.73. The van der Waals surface area contributed by atoms with E-state index >= 15 is 0 Å². The molecule has 2 aromatic carbocycles. The number of halogens is 1. The minimum Gasteiger partial charge on any atom is -0.454 e. The Balaban J connectivity index is 1.49. The van der Waals surface area contributed by atoms with Gasteiger partial charge in [-0.2, -0.15) is 0 Å². The fraction of sp³-hybridized carbons (Fsp3) is 0.300. The number of amides is 2. The van der Waals surface area contributed by atoms with E-state index in [2.05, 4.69) is 10.6 Å². The molecule has 0 bridgehead atoms. The van der Waals surface area contributed by atoms with Gasteiger partial charge < -0.3 is 20.1 Å². The van der Waals surface area contributed by atoms with Crippen molar-refractivity contribution in [1.82, 2.24) is 5.32 Å². The van der Waals surface area contributed by atoms with Crippen LogP contribution >= 0.6 is 11.6 Å². The first kappa shape index (κ1) is 19.0. The van der Waals surface area contributed by atoms with Crippen molar-refractivity contribution in [3.63, 3.8) is 0 Å². The van der Waals surface area contributed by atoms with Gasteiger partial charge in [-0.25, -0.2) is 0 Å². The normalized spacial score (nSPS) is 12.6. The number of hydrogen-bond donors (Lipinski definition) is 2. The predicted molar refractivity (Wildman–Crippen MR) is 103 cm³/mol. The summed E-state index contributed by atoms with van der Waals surface area (Å²) < 4.78 is 10.5. The molecule has 142 valence electrons. The Morgan fingerprint density at radius 1 is 1.04 bits per heavy atom. The van der Waals surface area contributed by atoms with Crippen LogP contribution in [-0.2, 0) is 15.0 Å². The molecule has 0 saturated carbocycles. The van der Waals surface area contributed by atoms with Gasteiger partial charge in [0.15, 0.2) is 11.5 Å². The van der Waals surface area contributed by atoms with Crippen molar-refractivity contribution >= 4 is 29.1 Å². The van der Waals surface area contributed by atoms with Crippen LogP contribution in [0.2, 0.25) is 5.02 Å². The summed E-state index contributed by atoms with van der Waals surface area (Å²) in [6.45, 7) is 4.02. The molecule has 0 aromatic heterocycles. The van der Waals surface area contributed by atoms with Crippen LogP contribution in [-0.4, -0.2) is 25.2 Å². The first-order valence-electron chi connectivity index (χ1n) is 8.56. The molecule has 27 heavy (non-hydrogen) atoms. The van der Waals surface area contributed by atoms with Crippen LogP contribution in [0, 0.1) is 0 Å². The fourth-order valence-electron chi connectivity index (χ4n) is 2.83. The van der Waals surface area contributed by atoms with Crippen LogP contribution in [0.5, 0.6) is 11.5 Å². The molecule has 0 fully saturated rings. The Labute approximate surface area is 162 Å². The van der Waals surface area contributed by atoms with Crippen molar-refractivity contribution < 1.29 is 19.1 Å². The number of rotatable bonds is 6. The first-order valence-corrected chi connectivity index (χ1v) is 8.93. The highest BCUT2D eigenvalue weighted by molar-refractivity contribution is 6.30. The molecule has 1 heterocycles. The van der Waals surface area contributed by atoms with Crippen molar-refractivity contribution in [3.8, 4) is 11.5 Å². The minimum absolute atomic E-state index is 0.107. The van der Waals surface area contributed by atoms with Gasteiger partial charge in [0.2, 0.25) is 18.6 Å². The third-order valence-electron chi connectivity index (χ3n) is 4.33. The number of fused-ring (bicyclic) bond motifs is 1. The molecule has 0 aliphatic carbocycles. The van der Waals surface area contributed by atoms with Crippen LogP contribution in [0.15, 0.2) is 42.5 Å². The van der Waals surface area contributed by atoms with Crippen LogP contribution in [0.4, 0.5) is 5.69 Å². The summed E-state index contributed by atoms with van der Waals surface area (Å²) in [5, 5.41) is 6.04. The molecule has 2 aromatic rings. The van der Waals surface area contributed by atoms with Crippen LogP contribution in [0.1, 0.15) is 25.8 Å². The summed E-state index contributed by atoms with van der Waals surface area (Å²) in [5.74, 6) is 0.717. The molecule has 1 aliphatic rings. The first-order chi connectivity index (χ1) is 12.8. The summed E-state index contributed by atoms with van der Waals surface area (Å²) in [6.07, 6.45) is 0.256. The molecule has 6 nitrogen and oxygen atoms in total. The van der Waals surface area contributed by atoms with Gasteiger partial charge in [0, 0.05) is 23.2 Å². The number of nitrogens with one attached hydrogen (secondary N) is 2. The fourth-order valence-corrected chi connectivity index (χ4v) is 2.95. The molecule has 0 unspecified atom stereocenters. The van der Waals surface area contributed by atoms with Crippen molar-refractivity contribution in [2.75, 3.05) is 18.7 Å². The largest absolute Gasteiger partial charge is 0.454 e. The van der Waals surface area contributed by atoms with E-state index in [1.807, 2.05) is 26.0 Å². The summed E-state index contributed by atoms with van der Waals surface area (Å²) in [7, 11) is 0. The zero-order chi connectivity index (χ0) is 19.4. The van der Waals surface area contributed by atoms with E-state index in [-0.39, 0.29) is 37.0 Å². The second kappa shape index (κ2) is 7.88. The maximum atomic E-state index is 12.3. The molecule has 0 radical (unpaired) electrons. The lowest BCUT2D eigenvalue weighted by atomic mass is 9.81. The Morgan fingerprint density at radius 3 is 2.48 bits per heavy atom. The second-order valence-electron chi connectivity index (χ2n) is 6.96. The zero-order valence-corrected chi connectivity index (χ0v) is 15.9. The molecule has 2 amide bonds. The van der Waals surface area contributed by atoms with E-state index < -0.39 is 0 Å². The van der Waals surface area contributed by atoms with E-state index in [1.54, 1.807) is 30.3 Å². The maximum Gasteiger partial charge on any atom is 0.243 e. The van der Waals surface area contributed by atoms with Crippen molar-refractivity contribution in [1.29, 1.82) is 0 Å². The maximum absolute atomic E-state index is 12.3. The lowest BCUT2D eigenvalue weighted by molar-refractivity contribution is -0.125. The van der Waals surface area contributed by atoms with E-state index in [1.165, 1.54) is 0 Å². The highest BCUT2D eigenvalue weighted by Crippen LogP contribution is 2.34. The van der Waals surface area contributed by atoms with Gasteiger partial charge in [0.25, 0.3) is 0 Å². The highest BCUT2D eigenvalue weighted by atomic mass is 35.5. The molecular formula is C20H21ClN2O4. The van der Waals surface area contributed by atoms with Crippen molar-refractivity contribution in [3.05, 3.63) is 53.1 Å². The molecular weight excluding hydrogens is 368 g/mol. The number of ether oxygens (including phenoxy) is 2. The van der Waals surface area contributed by atoms with Crippen molar-refractivity contribution in [2.45, 2.75) is 25.7 Å². The average Bonchev–Trinajstić information content (AvgIpc) is 3.08. The predicted octanol–water partition coefficient (Wildman–Crippen LogP) is 3.49. The van der Waals surface area contributed by atoms with Gasteiger partial charge in [-0.1, -0.05) is 37.6 Å². The van der Waals surface area contributed by atoms with E-state index in [0.29, 0.717) is 22.2 Å². The summed E-state index contributed by atoms with van der Waals surface area (Å²) >= 11 is 5.91. The monoisotopic (exact) mass is 388 g/mol. The average molecular weight is 389 g/mol. The zero-order valence-electron chi connectivity index (χ0n) is 15.2. The number of carbonyl (C=O) groups excluding carboxylic acids is 2. The third-order valence-corrected chi connectivity index (χ3v) is 4.58. The Morgan fingerprint density at radius 2 is 1.74 bits per heavy atom. The lowest BCUT2D eigenvalue weighted by Gasteiger charge is -2.24. The van der Waals surface area contributed by atoms with Crippen LogP contribution < -0.4 is 20.1 Å². The molecule has 0 saturated heterocycles. The minimum atomic E-state index is -0.373. The summed E-state index contributed by atoms with van der Waals surface area (Å²) in [5.41, 5.74) is 1.22. The second-order valence-corrected chi connectivity index (χ2v) is 7.40. The molecule has 7 heteroatoms. The number of anilines is 1. The van der Waals surface area contributed by atoms with E-state index in [0.717, 1.165) is 5.56 Å². The summed E-state index contributed by atoms with van der Waals surface area (Å²) in [6, 6.07) is 12.5. The lowest BCUT2D eigenvalue weighted by Crippen LogP contribution is -2.36. The molecule has 1 aliphatic heterocycles. The van der Waals surface area contributed by atoms with Gasteiger partial charge >= 0.3 is 0 Å². The smallest absolute Gasteiger partial charge is 0.243 e. The summed E-state index contributed by atoms with van der Waals surface area (Å²) in [4.78, 5) is 24.3. The highest BCUT2D eigenvalue weighted by Gasteiger charge is 2.24. The SMILES string of the molecule is CC(C)(CC(=O)NCC(=O)Nc1ccc2c(c1)OCO2)c1ccc(Cl)cc1.